The summed E-state index contributed by atoms with van der Waals surface area (Å²) in [7, 11) is 3.35. The normalized spacial score (nSPS) is 12.1. The van der Waals surface area contributed by atoms with Gasteiger partial charge in [0.25, 0.3) is 0 Å². The predicted octanol–water partition coefficient (Wildman–Crippen LogP) is 3.91. The molecule has 0 aliphatic carbocycles. The monoisotopic (exact) mass is 259 g/mol. The fraction of sp³-hybridized carbons (Fsp3) is 0.143. The molecule has 0 saturated heterocycles. The second-order valence-electron chi connectivity index (χ2n) is 3.95. The average Bonchev–Trinajstić information content (AvgIpc) is 2.43. The maximum Gasteiger partial charge on any atom is 0.121 e. The standard InChI is InChI=1S/C14H13NO2S/c1-16-9-3-5-13-11(7-9)15-12-8-10(17-2)4-6-14(12)18-13/h3-8,15H,1-2H3. The predicted molar refractivity (Wildman–Crippen MR) is 73.4 cm³/mol. The molecule has 1 N–H and O–H groups in total. The molecule has 0 saturated carbocycles. The summed E-state index contributed by atoms with van der Waals surface area (Å²) in [6.45, 7) is 0. The quantitative estimate of drug-likeness (QED) is 0.755. The van der Waals surface area contributed by atoms with Crippen molar-refractivity contribution in [1.82, 2.24) is 0 Å². The van der Waals surface area contributed by atoms with E-state index in [2.05, 4.69) is 17.4 Å². The van der Waals surface area contributed by atoms with Crippen molar-refractivity contribution in [2.24, 2.45) is 0 Å². The third-order valence-corrected chi connectivity index (χ3v) is 4.01. The van der Waals surface area contributed by atoms with Crippen molar-refractivity contribution in [3.63, 3.8) is 0 Å². The number of hydrogen-bond donors (Lipinski definition) is 1. The Morgan fingerprint density at radius 2 is 1.33 bits per heavy atom. The summed E-state index contributed by atoms with van der Waals surface area (Å²) >= 11 is 1.75. The highest BCUT2D eigenvalue weighted by molar-refractivity contribution is 7.99. The van der Waals surface area contributed by atoms with Crippen LogP contribution < -0.4 is 14.8 Å². The summed E-state index contributed by atoms with van der Waals surface area (Å²) in [4.78, 5) is 2.40. The van der Waals surface area contributed by atoms with Crippen LogP contribution in [0.1, 0.15) is 0 Å². The highest BCUT2D eigenvalue weighted by atomic mass is 32.2. The van der Waals surface area contributed by atoms with Crippen molar-refractivity contribution < 1.29 is 9.47 Å². The molecule has 0 aromatic heterocycles. The zero-order valence-corrected chi connectivity index (χ0v) is 11.0. The van der Waals surface area contributed by atoms with Gasteiger partial charge in [0.2, 0.25) is 0 Å². The lowest BCUT2D eigenvalue weighted by molar-refractivity contribution is 0.414. The zero-order valence-electron chi connectivity index (χ0n) is 10.2. The molecule has 1 aliphatic heterocycles. The molecule has 1 aliphatic rings. The summed E-state index contributed by atoms with van der Waals surface area (Å²) < 4.78 is 10.5. The van der Waals surface area contributed by atoms with Crippen LogP contribution in [0.4, 0.5) is 11.4 Å². The van der Waals surface area contributed by atoms with E-state index >= 15 is 0 Å². The van der Waals surface area contributed by atoms with Crippen LogP contribution in [0, 0.1) is 0 Å². The van der Waals surface area contributed by atoms with E-state index in [-0.39, 0.29) is 0 Å². The second-order valence-corrected chi connectivity index (χ2v) is 5.04. The van der Waals surface area contributed by atoms with E-state index in [1.54, 1.807) is 26.0 Å². The Kier molecular flexibility index (Phi) is 2.80. The molecule has 18 heavy (non-hydrogen) atoms. The van der Waals surface area contributed by atoms with Crippen molar-refractivity contribution in [1.29, 1.82) is 0 Å². The Morgan fingerprint density at radius 1 is 0.833 bits per heavy atom. The first-order chi connectivity index (χ1) is 8.80. The molecule has 4 heteroatoms. The zero-order chi connectivity index (χ0) is 12.5. The summed E-state index contributed by atoms with van der Waals surface area (Å²) in [6.07, 6.45) is 0. The molecule has 0 radical (unpaired) electrons. The highest BCUT2D eigenvalue weighted by Gasteiger charge is 2.16. The molecule has 0 spiro atoms. The van der Waals surface area contributed by atoms with Gasteiger partial charge < -0.3 is 14.8 Å². The lowest BCUT2D eigenvalue weighted by Crippen LogP contribution is -2.00. The van der Waals surface area contributed by atoms with Gasteiger partial charge in [-0.3, -0.25) is 0 Å². The lowest BCUT2D eigenvalue weighted by atomic mass is 10.2. The van der Waals surface area contributed by atoms with Crippen molar-refractivity contribution in [2.75, 3.05) is 19.5 Å². The van der Waals surface area contributed by atoms with Crippen LogP contribution >= 0.6 is 11.8 Å². The maximum atomic E-state index is 5.24. The lowest BCUT2D eigenvalue weighted by Gasteiger charge is -2.21. The summed E-state index contributed by atoms with van der Waals surface area (Å²) in [5.74, 6) is 1.71. The van der Waals surface area contributed by atoms with E-state index in [4.69, 9.17) is 9.47 Å². The minimum atomic E-state index is 0.855. The Morgan fingerprint density at radius 3 is 1.78 bits per heavy atom. The minimum Gasteiger partial charge on any atom is -0.497 e. The minimum absolute atomic E-state index is 0.855. The molecule has 3 nitrogen and oxygen atoms in total. The van der Waals surface area contributed by atoms with Gasteiger partial charge in [0.1, 0.15) is 11.5 Å². The van der Waals surface area contributed by atoms with Gasteiger partial charge in [-0.15, -0.1) is 0 Å². The van der Waals surface area contributed by atoms with Crippen LogP contribution in [0.3, 0.4) is 0 Å². The van der Waals surface area contributed by atoms with Gasteiger partial charge in [0, 0.05) is 21.9 Å². The first kappa shape index (κ1) is 11.3. The third kappa shape index (κ3) is 1.88. The van der Waals surface area contributed by atoms with Crippen LogP contribution in [0.5, 0.6) is 11.5 Å². The van der Waals surface area contributed by atoms with Crippen molar-refractivity contribution in [3.05, 3.63) is 36.4 Å². The van der Waals surface area contributed by atoms with Gasteiger partial charge in [-0.1, -0.05) is 11.8 Å². The number of hydrogen-bond acceptors (Lipinski definition) is 4. The molecular formula is C14H13NO2S. The second kappa shape index (κ2) is 4.46. The molecule has 2 aromatic rings. The Hall–Kier alpha value is -1.81. The fourth-order valence-corrected chi connectivity index (χ4v) is 2.86. The molecule has 92 valence electrons. The molecule has 0 amide bonds. The van der Waals surface area contributed by atoms with E-state index in [1.807, 2.05) is 24.3 Å². The van der Waals surface area contributed by atoms with Gasteiger partial charge in [-0.25, -0.2) is 0 Å². The SMILES string of the molecule is COc1ccc2c(c1)Nc1cc(OC)ccc1S2. The summed E-state index contributed by atoms with van der Waals surface area (Å²) in [5.41, 5.74) is 2.14. The van der Waals surface area contributed by atoms with E-state index < -0.39 is 0 Å². The molecular weight excluding hydrogens is 246 g/mol. The molecule has 1 heterocycles. The molecule has 0 unspecified atom stereocenters. The summed E-state index contributed by atoms with van der Waals surface area (Å²) in [5, 5.41) is 3.41. The average molecular weight is 259 g/mol. The number of fused-ring (bicyclic) bond motifs is 2. The number of methoxy groups -OCH3 is 2. The largest absolute Gasteiger partial charge is 0.497 e. The molecule has 3 rings (SSSR count). The van der Waals surface area contributed by atoms with Crippen LogP contribution in [-0.4, -0.2) is 14.2 Å². The van der Waals surface area contributed by atoms with Crippen molar-refractivity contribution in [3.8, 4) is 11.5 Å². The Labute approximate surface area is 110 Å². The van der Waals surface area contributed by atoms with E-state index in [0.717, 1.165) is 22.9 Å². The smallest absolute Gasteiger partial charge is 0.121 e. The number of rotatable bonds is 2. The first-order valence-corrected chi connectivity index (χ1v) is 6.43. The number of nitrogens with one attached hydrogen (secondary N) is 1. The molecule has 2 aromatic carbocycles. The Bertz CT molecular complexity index is 547. The van der Waals surface area contributed by atoms with E-state index in [1.165, 1.54) is 9.79 Å². The van der Waals surface area contributed by atoms with Crippen LogP contribution in [0.25, 0.3) is 0 Å². The van der Waals surface area contributed by atoms with Crippen molar-refractivity contribution >= 4 is 23.1 Å². The van der Waals surface area contributed by atoms with Crippen LogP contribution in [0.2, 0.25) is 0 Å². The van der Waals surface area contributed by atoms with Crippen molar-refractivity contribution in [2.45, 2.75) is 9.79 Å². The van der Waals surface area contributed by atoms with E-state index in [0.29, 0.717) is 0 Å². The van der Waals surface area contributed by atoms with Crippen LogP contribution in [-0.2, 0) is 0 Å². The number of ether oxygens (including phenoxy) is 2. The molecule has 0 fully saturated rings. The highest BCUT2D eigenvalue weighted by Crippen LogP contribution is 2.46. The third-order valence-electron chi connectivity index (χ3n) is 2.86. The molecule has 0 atom stereocenters. The number of anilines is 2. The summed E-state index contributed by atoms with van der Waals surface area (Å²) in [6, 6.07) is 12.1. The van der Waals surface area contributed by atoms with Gasteiger partial charge in [0.05, 0.1) is 25.6 Å². The maximum absolute atomic E-state index is 5.24. The van der Waals surface area contributed by atoms with Gasteiger partial charge in [-0.2, -0.15) is 0 Å². The first-order valence-electron chi connectivity index (χ1n) is 5.61. The Balaban J connectivity index is 2.01. The van der Waals surface area contributed by atoms with E-state index in [9.17, 15) is 0 Å². The molecule has 0 bridgehead atoms. The van der Waals surface area contributed by atoms with Gasteiger partial charge >= 0.3 is 0 Å². The number of benzene rings is 2. The topological polar surface area (TPSA) is 30.5 Å². The fourth-order valence-electron chi connectivity index (χ4n) is 1.91. The van der Waals surface area contributed by atoms with Gasteiger partial charge in [0.15, 0.2) is 0 Å². The van der Waals surface area contributed by atoms with Crippen LogP contribution in [0.15, 0.2) is 46.2 Å². The van der Waals surface area contributed by atoms with Gasteiger partial charge in [-0.05, 0) is 24.3 Å².